The van der Waals surface area contributed by atoms with Crippen LogP contribution in [0.3, 0.4) is 0 Å². The number of aryl methyl sites for hydroxylation is 1. The first-order valence-electron chi connectivity index (χ1n) is 9.92. The van der Waals surface area contributed by atoms with Crippen LogP contribution in [0.5, 0.6) is 17.2 Å². The first kappa shape index (κ1) is 21.5. The van der Waals surface area contributed by atoms with E-state index in [1.54, 1.807) is 14.2 Å². The number of rotatable bonds is 9. The highest BCUT2D eigenvalue weighted by molar-refractivity contribution is 7.89. The number of ether oxygens (including phenoxy) is 3. The van der Waals surface area contributed by atoms with Gasteiger partial charge < -0.3 is 14.2 Å². The van der Waals surface area contributed by atoms with Gasteiger partial charge in [-0.1, -0.05) is 36.4 Å². The molecule has 0 spiro atoms. The van der Waals surface area contributed by atoms with Crippen molar-refractivity contribution in [1.29, 1.82) is 0 Å². The quantitative estimate of drug-likeness (QED) is 0.673. The lowest BCUT2D eigenvalue weighted by Crippen LogP contribution is -2.41. The summed E-state index contributed by atoms with van der Waals surface area (Å²) in [6.45, 7) is 0. The Balaban J connectivity index is 1.49. The number of hydrogen-bond donors (Lipinski definition) is 1. The predicted octanol–water partition coefficient (Wildman–Crippen LogP) is 3.56. The zero-order valence-electron chi connectivity index (χ0n) is 17.0. The van der Waals surface area contributed by atoms with Gasteiger partial charge in [-0.3, -0.25) is 0 Å². The molecule has 0 unspecified atom stereocenters. The van der Waals surface area contributed by atoms with E-state index in [2.05, 4.69) is 4.72 Å². The number of benzene rings is 2. The Hall–Kier alpha value is -2.25. The zero-order chi connectivity index (χ0) is 20.7. The molecular formula is C22H29NO5S. The fourth-order valence-electron chi connectivity index (χ4n) is 3.64. The Kier molecular flexibility index (Phi) is 7.39. The van der Waals surface area contributed by atoms with E-state index < -0.39 is 10.0 Å². The van der Waals surface area contributed by atoms with Crippen molar-refractivity contribution in [3.63, 3.8) is 0 Å². The summed E-state index contributed by atoms with van der Waals surface area (Å²) in [6.07, 6.45) is 3.62. The maximum Gasteiger partial charge on any atom is 0.212 e. The number of para-hydroxylation sites is 1. The van der Waals surface area contributed by atoms with E-state index in [1.165, 1.54) is 0 Å². The Morgan fingerprint density at radius 1 is 0.897 bits per heavy atom. The highest BCUT2D eigenvalue weighted by atomic mass is 32.2. The molecule has 2 aromatic rings. The molecule has 158 valence electrons. The predicted molar refractivity (Wildman–Crippen MR) is 113 cm³/mol. The van der Waals surface area contributed by atoms with Crippen molar-refractivity contribution in [1.82, 2.24) is 4.72 Å². The zero-order valence-corrected chi connectivity index (χ0v) is 17.8. The van der Waals surface area contributed by atoms with Crippen molar-refractivity contribution in [2.24, 2.45) is 0 Å². The summed E-state index contributed by atoms with van der Waals surface area (Å²) in [6, 6.07) is 15.2. The second-order valence-electron chi connectivity index (χ2n) is 7.26. The summed E-state index contributed by atoms with van der Waals surface area (Å²) in [5, 5.41) is 0. The van der Waals surface area contributed by atoms with Gasteiger partial charge in [-0.25, -0.2) is 13.1 Å². The van der Waals surface area contributed by atoms with Crippen LogP contribution in [0.2, 0.25) is 0 Å². The minimum absolute atomic E-state index is 0.0288. The third kappa shape index (κ3) is 6.11. The van der Waals surface area contributed by atoms with Crippen LogP contribution < -0.4 is 18.9 Å². The van der Waals surface area contributed by atoms with Crippen LogP contribution in [0, 0.1) is 0 Å². The Bertz CT molecular complexity index is 877. The molecule has 0 bridgehead atoms. The highest BCUT2D eigenvalue weighted by Crippen LogP contribution is 2.38. The highest BCUT2D eigenvalue weighted by Gasteiger charge is 2.26. The Labute approximate surface area is 173 Å². The summed E-state index contributed by atoms with van der Waals surface area (Å²) in [5.74, 6) is 1.97. The molecule has 0 radical (unpaired) electrons. The van der Waals surface area contributed by atoms with Crippen molar-refractivity contribution in [3.8, 4) is 17.2 Å². The molecule has 1 saturated carbocycles. The standard InChI is InChI=1S/C22H29NO5S/c1-26-20-9-6-10-21(22(20)27-2)28-19-13-11-18(12-14-19)23-29(24,25)16-15-17-7-4-3-5-8-17/h3-10,18-19,23H,11-16H2,1-2H3. The third-order valence-electron chi connectivity index (χ3n) is 5.18. The van der Waals surface area contributed by atoms with E-state index >= 15 is 0 Å². The monoisotopic (exact) mass is 419 g/mol. The van der Waals surface area contributed by atoms with Crippen LogP contribution in [-0.4, -0.2) is 40.5 Å². The van der Waals surface area contributed by atoms with Crippen LogP contribution in [-0.2, 0) is 16.4 Å². The van der Waals surface area contributed by atoms with Gasteiger partial charge in [0.2, 0.25) is 15.8 Å². The molecule has 0 aliphatic heterocycles. The van der Waals surface area contributed by atoms with Gasteiger partial charge in [-0.05, 0) is 49.8 Å². The van der Waals surface area contributed by atoms with E-state index in [0.29, 0.717) is 23.7 Å². The van der Waals surface area contributed by atoms with Crippen molar-refractivity contribution >= 4 is 10.0 Å². The molecule has 1 aliphatic carbocycles. The van der Waals surface area contributed by atoms with Crippen LogP contribution in [0.1, 0.15) is 31.2 Å². The van der Waals surface area contributed by atoms with Gasteiger partial charge in [-0.2, -0.15) is 0 Å². The van der Waals surface area contributed by atoms with Gasteiger partial charge in [-0.15, -0.1) is 0 Å². The minimum atomic E-state index is -3.30. The molecule has 0 atom stereocenters. The van der Waals surface area contributed by atoms with E-state index in [-0.39, 0.29) is 17.9 Å². The molecule has 0 heterocycles. The minimum Gasteiger partial charge on any atom is -0.493 e. The summed E-state index contributed by atoms with van der Waals surface area (Å²) in [7, 11) is -0.120. The SMILES string of the molecule is COc1cccc(OC2CCC(NS(=O)(=O)CCc3ccccc3)CC2)c1OC. The summed E-state index contributed by atoms with van der Waals surface area (Å²) in [5.41, 5.74) is 1.03. The molecule has 2 aromatic carbocycles. The number of hydrogen-bond acceptors (Lipinski definition) is 5. The third-order valence-corrected chi connectivity index (χ3v) is 6.62. The fourth-order valence-corrected chi connectivity index (χ4v) is 5.00. The van der Waals surface area contributed by atoms with E-state index in [1.807, 2.05) is 48.5 Å². The van der Waals surface area contributed by atoms with Gasteiger partial charge in [0, 0.05) is 6.04 Å². The second kappa shape index (κ2) is 9.98. The van der Waals surface area contributed by atoms with Gasteiger partial charge in [0.1, 0.15) is 0 Å². The molecule has 1 fully saturated rings. The Morgan fingerprint density at radius 2 is 1.59 bits per heavy atom. The number of methoxy groups -OCH3 is 2. The fraction of sp³-hybridized carbons (Fsp3) is 0.455. The van der Waals surface area contributed by atoms with Gasteiger partial charge in [0.05, 0.1) is 26.1 Å². The van der Waals surface area contributed by atoms with E-state index in [4.69, 9.17) is 14.2 Å². The maximum absolute atomic E-state index is 12.4. The lowest BCUT2D eigenvalue weighted by atomic mass is 9.93. The summed E-state index contributed by atoms with van der Waals surface area (Å²) < 4.78 is 44.6. The number of sulfonamides is 1. The Morgan fingerprint density at radius 3 is 2.24 bits per heavy atom. The van der Waals surface area contributed by atoms with Crippen LogP contribution in [0.15, 0.2) is 48.5 Å². The average molecular weight is 420 g/mol. The van der Waals surface area contributed by atoms with E-state index in [9.17, 15) is 8.42 Å². The van der Waals surface area contributed by atoms with Crippen LogP contribution in [0.4, 0.5) is 0 Å². The number of nitrogens with one attached hydrogen (secondary N) is 1. The van der Waals surface area contributed by atoms with Crippen molar-refractivity contribution in [3.05, 3.63) is 54.1 Å². The molecule has 6 nitrogen and oxygen atoms in total. The molecule has 7 heteroatoms. The van der Waals surface area contributed by atoms with Gasteiger partial charge >= 0.3 is 0 Å². The lowest BCUT2D eigenvalue weighted by molar-refractivity contribution is 0.138. The van der Waals surface area contributed by atoms with Crippen LogP contribution in [0.25, 0.3) is 0 Å². The molecule has 3 rings (SSSR count). The summed E-state index contributed by atoms with van der Waals surface area (Å²) >= 11 is 0. The van der Waals surface area contributed by atoms with Crippen molar-refractivity contribution in [2.45, 2.75) is 44.2 Å². The van der Waals surface area contributed by atoms with E-state index in [0.717, 1.165) is 31.2 Å². The first-order valence-corrected chi connectivity index (χ1v) is 11.6. The van der Waals surface area contributed by atoms with Crippen LogP contribution >= 0.6 is 0 Å². The molecule has 0 saturated heterocycles. The average Bonchev–Trinajstić information content (AvgIpc) is 2.74. The van der Waals surface area contributed by atoms with Crippen molar-refractivity contribution < 1.29 is 22.6 Å². The molecule has 29 heavy (non-hydrogen) atoms. The van der Waals surface area contributed by atoms with Crippen molar-refractivity contribution in [2.75, 3.05) is 20.0 Å². The normalized spacial score (nSPS) is 19.5. The molecule has 1 N–H and O–H groups in total. The molecular weight excluding hydrogens is 390 g/mol. The van der Waals surface area contributed by atoms with Gasteiger partial charge in [0.25, 0.3) is 0 Å². The second-order valence-corrected chi connectivity index (χ2v) is 9.13. The lowest BCUT2D eigenvalue weighted by Gasteiger charge is -2.30. The molecule has 0 amide bonds. The smallest absolute Gasteiger partial charge is 0.212 e. The molecule has 0 aromatic heterocycles. The molecule has 1 aliphatic rings. The van der Waals surface area contributed by atoms with Gasteiger partial charge in [0.15, 0.2) is 11.5 Å². The largest absolute Gasteiger partial charge is 0.493 e. The maximum atomic E-state index is 12.4. The summed E-state index contributed by atoms with van der Waals surface area (Å²) in [4.78, 5) is 0. The first-order chi connectivity index (χ1) is 14.0. The topological polar surface area (TPSA) is 73.9 Å².